The van der Waals surface area contributed by atoms with Crippen molar-refractivity contribution in [1.82, 2.24) is 10.2 Å². The third kappa shape index (κ3) is 5.83. The number of carboxylic acids is 1. The molecule has 23 heavy (non-hydrogen) atoms. The van der Waals surface area contributed by atoms with Gasteiger partial charge in [0.25, 0.3) is 0 Å². The van der Waals surface area contributed by atoms with E-state index in [-0.39, 0.29) is 0 Å². The maximum Gasteiger partial charge on any atom is 0.305 e. The number of carbonyl (C=O) groups excluding carboxylic acids is 3. The first-order valence-electron chi connectivity index (χ1n) is 7.43. The van der Waals surface area contributed by atoms with Crippen LogP contribution < -0.4 is 11.1 Å². The molecule has 0 spiro atoms. The molecule has 1 saturated heterocycles. The summed E-state index contributed by atoms with van der Waals surface area (Å²) in [5, 5.41) is 11.4. The van der Waals surface area contributed by atoms with Gasteiger partial charge in [-0.25, -0.2) is 0 Å². The summed E-state index contributed by atoms with van der Waals surface area (Å²) in [5.74, 6) is -1.62. The average Bonchev–Trinajstić information content (AvgIpc) is 2.99. The molecule has 8 nitrogen and oxygen atoms in total. The first kappa shape index (κ1) is 19.4. The minimum Gasteiger partial charge on any atom is -0.481 e. The van der Waals surface area contributed by atoms with Crippen LogP contribution in [0.4, 0.5) is 0 Å². The van der Waals surface area contributed by atoms with E-state index in [1.165, 1.54) is 16.7 Å². The minimum atomic E-state index is -1.21. The number of carboxylic acid groups (broad SMARTS) is 1. The molecular weight excluding hydrogens is 322 g/mol. The first-order chi connectivity index (χ1) is 10.9. The van der Waals surface area contributed by atoms with E-state index in [9.17, 15) is 19.2 Å². The Kier molecular flexibility index (Phi) is 8.04. The van der Waals surface area contributed by atoms with E-state index in [4.69, 9.17) is 10.8 Å². The third-order valence-electron chi connectivity index (χ3n) is 3.70. The number of hydrogen-bond donors (Lipinski definition) is 3. The monoisotopic (exact) mass is 345 g/mol. The quantitative estimate of drug-likeness (QED) is 0.467. The van der Waals surface area contributed by atoms with Gasteiger partial charge in [0.2, 0.25) is 11.8 Å². The molecule has 0 radical (unpaired) electrons. The van der Waals surface area contributed by atoms with Gasteiger partial charge in [-0.1, -0.05) is 0 Å². The van der Waals surface area contributed by atoms with Crippen LogP contribution in [-0.2, 0) is 19.2 Å². The summed E-state index contributed by atoms with van der Waals surface area (Å²) >= 11 is 1.54. The van der Waals surface area contributed by atoms with Gasteiger partial charge in [0, 0.05) is 6.54 Å². The molecule has 2 amide bonds. The molecule has 1 aliphatic rings. The lowest BCUT2D eigenvalue weighted by molar-refractivity contribution is -0.144. The van der Waals surface area contributed by atoms with E-state index in [1.807, 2.05) is 6.26 Å². The highest BCUT2D eigenvalue weighted by Gasteiger charge is 2.35. The largest absolute Gasteiger partial charge is 0.481 e. The molecule has 9 heteroatoms. The Labute approximate surface area is 139 Å². The lowest BCUT2D eigenvalue weighted by Gasteiger charge is -2.26. The maximum absolute atomic E-state index is 12.5. The van der Waals surface area contributed by atoms with E-state index in [0.717, 1.165) is 0 Å². The van der Waals surface area contributed by atoms with Crippen molar-refractivity contribution < 1.29 is 24.3 Å². The lowest BCUT2D eigenvalue weighted by atomic mass is 10.1. The summed E-state index contributed by atoms with van der Waals surface area (Å²) in [6.07, 6.45) is 3.68. The molecule has 0 aromatic heterocycles. The predicted molar refractivity (Wildman–Crippen MR) is 86.0 cm³/mol. The van der Waals surface area contributed by atoms with Crippen molar-refractivity contribution in [2.45, 2.75) is 43.8 Å². The van der Waals surface area contributed by atoms with Gasteiger partial charge in [0.1, 0.15) is 12.3 Å². The number of aldehydes is 1. The van der Waals surface area contributed by atoms with Crippen molar-refractivity contribution in [3.05, 3.63) is 0 Å². The highest BCUT2D eigenvalue weighted by Crippen LogP contribution is 2.17. The Bertz CT molecular complexity index is 460. The Morgan fingerprint density at radius 1 is 1.48 bits per heavy atom. The maximum atomic E-state index is 12.5. The molecule has 1 heterocycles. The van der Waals surface area contributed by atoms with Gasteiger partial charge in [-0.05, 0) is 31.3 Å². The summed E-state index contributed by atoms with van der Waals surface area (Å²) in [6, 6.07) is -2.56. The normalized spacial score (nSPS) is 19.9. The van der Waals surface area contributed by atoms with Crippen LogP contribution in [0.25, 0.3) is 0 Å². The number of rotatable bonds is 9. The Morgan fingerprint density at radius 3 is 2.74 bits per heavy atom. The number of aliphatic carboxylic acids is 1. The van der Waals surface area contributed by atoms with Crippen LogP contribution in [0, 0.1) is 0 Å². The van der Waals surface area contributed by atoms with Crippen LogP contribution in [0.15, 0.2) is 0 Å². The third-order valence-corrected chi connectivity index (χ3v) is 4.35. The van der Waals surface area contributed by atoms with Crippen molar-refractivity contribution in [3.63, 3.8) is 0 Å². The fourth-order valence-electron chi connectivity index (χ4n) is 2.44. The van der Waals surface area contributed by atoms with Gasteiger partial charge in [-0.3, -0.25) is 14.4 Å². The highest BCUT2D eigenvalue weighted by molar-refractivity contribution is 7.98. The molecule has 0 bridgehead atoms. The van der Waals surface area contributed by atoms with Crippen LogP contribution in [-0.4, -0.2) is 70.8 Å². The number of nitrogens with one attached hydrogen (secondary N) is 1. The Hall–Kier alpha value is -1.61. The first-order valence-corrected chi connectivity index (χ1v) is 8.82. The molecule has 1 fully saturated rings. The number of hydrogen-bond acceptors (Lipinski definition) is 6. The Balaban J connectivity index is 2.75. The van der Waals surface area contributed by atoms with Gasteiger partial charge in [-0.2, -0.15) is 11.8 Å². The van der Waals surface area contributed by atoms with Crippen molar-refractivity contribution in [2.75, 3.05) is 18.6 Å². The van der Waals surface area contributed by atoms with Crippen LogP contribution in [0.2, 0.25) is 0 Å². The predicted octanol–water partition coefficient (Wildman–Crippen LogP) is -0.784. The second-order valence-corrected chi connectivity index (χ2v) is 6.41. The van der Waals surface area contributed by atoms with Crippen molar-refractivity contribution >= 4 is 35.8 Å². The highest BCUT2D eigenvalue weighted by atomic mass is 32.2. The molecule has 1 aliphatic heterocycles. The standard InChI is InChI=1S/C14H23N3O5S/c1-23-6-4-10(15)13(21)16-11(7-12(19)20)14(22)17-5-2-3-9(17)8-18/h8-11H,2-7,15H2,1H3,(H,16,21)(H,19,20)/t9-,10-,11-/m0/s1. The second-order valence-electron chi connectivity index (χ2n) is 5.42. The molecule has 0 aliphatic carbocycles. The van der Waals surface area contributed by atoms with E-state index in [2.05, 4.69) is 5.32 Å². The summed E-state index contributed by atoms with van der Waals surface area (Å²) < 4.78 is 0. The van der Waals surface area contributed by atoms with Gasteiger partial charge in [0.15, 0.2) is 0 Å². The van der Waals surface area contributed by atoms with Crippen molar-refractivity contribution in [2.24, 2.45) is 5.73 Å². The zero-order valence-corrected chi connectivity index (χ0v) is 13.9. The SMILES string of the molecule is CSCC[C@H](N)C(=O)N[C@@H](CC(=O)O)C(=O)N1CCC[C@H]1C=O. The van der Waals surface area contributed by atoms with Gasteiger partial charge < -0.3 is 25.9 Å². The number of carbonyl (C=O) groups is 4. The smallest absolute Gasteiger partial charge is 0.305 e. The summed E-state index contributed by atoms with van der Waals surface area (Å²) in [6.45, 7) is 0.382. The number of nitrogens with two attached hydrogens (primary N) is 1. The van der Waals surface area contributed by atoms with Crippen molar-refractivity contribution in [1.29, 1.82) is 0 Å². The number of likely N-dealkylation sites (tertiary alicyclic amines) is 1. The summed E-state index contributed by atoms with van der Waals surface area (Å²) in [5.41, 5.74) is 5.74. The van der Waals surface area contributed by atoms with E-state index in [0.29, 0.717) is 37.8 Å². The number of amides is 2. The van der Waals surface area contributed by atoms with Gasteiger partial charge in [0.05, 0.1) is 18.5 Å². The van der Waals surface area contributed by atoms with E-state index < -0.39 is 42.3 Å². The molecule has 3 atom stereocenters. The van der Waals surface area contributed by atoms with Crippen LogP contribution in [0.5, 0.6) is 0 Å². The molecule has 0 unspecified atom stereocenters. The lowest BCUT2D eigenvalue weighted by Crippen LogP contribution is -2.54. The zero-order valence-electron chi connectivity index (χ0n) is 13.1. The minimum absolute atomic E-state index is 0.382. The fourth-order valence-corrected chi connectivity index (χ4v) is 2.93. The molecule has 130 valence electrons. The van der Waals surface area contributed by atoms with Crippen LogP contribution in [0.1, 0.15) is 25.7 Å². The van der Waals surface area contributed by atoms with Gasteiger partial charge >= 0.3 is 5.97 Å². The van der Waals surface area contributed by atoms with E-state index in [1.54, 1.807) is 0 Å². The van der Waals surface area contributed by atoms with E-state index >= 15 is 0 Å². The molecule has 1 rings (SSSR count). The number of thioether (sulfide) groups is 1. The number of nitrogens with zero attached hydrogens (tertiary/aromatic N) is 1. The second kappa shape index (κ2) is 9.51. The molecular formula is C14H23N3O5S. The molecule has 0 saturated carbocycles. The fraction of sp³-hybridized carbons (Fsp3) is 0.714. The Morgan fingerprint density at radius 2 is 2.17 bits per heavy atom. The summed E-state index contributed by atoms with van der Waals surface area (Å²) in [7, 11) is 0. The molecule has 0 aromatic rings. The summed E-state index contributed by atoms with van der Waals surface area (Å²) in [4.78, 5) is 47.8. The zero-order chi connectivity index (χ0) is 17.4. The average molecular weight is 345 g/mol. The molecule has 4 N–H and O–H groups in total. The van der Waals surface area contributed by atoms with Gasteiger partial charge in [-0.15, -0.1) is 0 Å². The van der Waals surface area contributed by atoms with Crippen molar-refractivity contribution in [3.8, 4) is 0 Å². The van der Waals surface area contributed by atoms with Crippen LogP contribution in [0.3, 0.4) is 0 Å². The topological polar surface area (TPSA) is 130 Å². The molecule has 0 aromatic carbocycles. The van der Waals surface area contributed by atoms with Crippen LogP contribution >= 0.6 is 11.8 Å².